The first kappa shape index (κ1) is 25.2. The molecular formula is C26H34N4O4S. The number of amides is 3. The second-order valence-corrected chi connectivity index (χ2v) is 11.3. The van der Waals surface area contributed by atoms with Crippen molar-refractivity contribution in [3.8, 4) is 0 Å². The topological polar surface area (TPSA) is 98.8 Å². The Morgan fingerprint density at radius 3 is 2.29 bits per heavy atom. The lowest BCUT2D eigenvalue weighted by Gasteiger charge is -2.32. The van der Waals surface area contributed by atoms with E-state index < -0.39 is 10.0 Å². The molecule has 3 amide bonds. The summed E-state index contributed by atoms with van der Waals surface area (Å²) in [7, 11) is -3.63. The predicted molar refractivity (Wildman–Crippen MR) is 137 cm³/mol. The third-order valence-corrected chi connectivity index (χ3v) is 8.78. The van der Waals surface area contributed by atoms with E-state index in [9.17, 15) is 18.0 Å². The highest BCUT2D eigenvalue weighted by atomic mass is 32.2. The Morgan fingerprint density at radius 1 is 0.857 bits per heavy atom. The summed E-state index contributed by atoms with van der Waals surface area (Å²) in [6.45, 7) is 3.74. The fraction of sp³-hybridized carbons (Fsp3) is 0.462. The van der Waals surface area contributed by atoms with E-state index in [0.717, 1.165) is 32.1 Å². The smallest absolute Gasteiger partial charge is 0.321 e. The Kier molecular flexibility index (Phi) is 8.07. The maximum Gasteiger partial charge on any atom is 0.321 e. The molecular weight excluding hydrogens is 464 g/mol. The molecule has 1 atom stereocenters. The summed E-state index contributed by atoms with van der Waals surface area (Å²) in [5.41, 5.74) is 1.83. The second kappa shape index (κ2) is 11.2. The van der Waals surface area contributed by atoms with Crippen LogP contribution < -0.4 is 10.6 Å². The lowest BCUT2D eigenvalue weighted by atomic mass is 9.97. The fourth-order valence-corrected chi connectivity index (χ4v) is 6.49. The van der Waals surface area contributed by atoms with E-state index in [1.54, 1.807) is 34.3 Å². The van der Waals surface area contributed by atoms with Crippen LogP contribution in [0.2, 0.25) is 0 Å². The third kappa shape index (κ3) is 6.21. The van der Waals surface area contributed by atoms with Gasteiger partial charge in [-0.3, -0.25) is 4.79 Å². The average Bonchev–Trinajstić information content (AvgIpc) is 3.16. The van der Waals surface area contributed by atoms with Crippen LogP contribution in [0.3, 0.4) is 0 Å². The molecule has 4 rings (SSSR count). The molecule has 1 unspecified atom stereocenters. The number of aryl methyl sites for hydroxylation is 1. The number of anilines is 2. The molecule has 2 saturated heterocycles. The molecule has 2 aliphatic heterocycles. The Balaban J connectivity index is 1.42. The van der Waals surface area contributed by atoms with Gasteiger partial charge in [-0.1, -0.05) is 37.1 Å². The Bertz CT molecular complexity index is 1150. The van der Waals surface area contributed by atoms with Gasteiger partial charge in [0.25, 0.3) is 0 Å². The van der Waals surface area contributed by atoms with Crippen LogP contribution in [-0.2, 0) is 14.8 Å². The van der Waals surface area contributed by atoms with Gasteiger partial charge in [-0.25, -0.2) is 13.2 Å². The fourth-order valence-electron chi connectivity index (χ4n) is 4.72. The van der Waals surface area contributed by atoms with Crippen LogP contribution in [0.25, 0.3) is 0 Å². The number of para-hydroxylation sites is 1. The molecule has 2 aliphatic rings. The van der Waals surface area contributed by atoms with Crippen molar-refractivity contribution in [1.29, 1.82) is 0 Å². The number of benzene rings is 2. The second-order valence-electron chi connectivity index (χ2n) is 9.37. The number of carbonyl (C=O) groups is 2. The lowest BCUT2D eigenvalue weighted by Crippen LogP contribution is -2.45. The van der Waals surface area contributed by atoms with Gasteiger partial charge in [0.05, 0.1) is 10.8 Å². The number of hydrogen-bond acceptors (Lipinski definition) is 4. The highest BCUT2D eigenvalue weighted by molar-refractivity contribution is 7.89. The normalized spacial score (nSPS) is 19.6. The number of hydrogen-bond donors (Lipinski definition) is 2. The number of nitrogens with zero attached hydrogens (tertiary/aromatic N) is 2. The van der Waals surface area contributed by atoms with E-state index in [1.807, 2.05) is 30.3 Å². The molecule has 0 bridgehead atoms. The first-order valence-electron chi connectivity index (χ1n) is 12.4. The van der Waals surface area contributed by atoms with Gasteiger partial charge >= 0.3 is 6.03 Å². The van der Waals surface area contributed by atoms with Crippen LogP contribution in [0.15, 0.2) is 53.4 Å². The van der Waals surface area contributed by atoms with Crippen molar-refractivity contribution in [3.63, 3.8) is 0 Å². The number of carbonyl (C=O) groups excluding carboxylic acids is 2. The molecule has 0 aromatic heterocycles. The maximum atomic E-state index is 13.3. The van der Waals surface area contributed by atoms with Crippen molar-refractivity contribution in [1.82, 2.24) is 9.21 Å². The Labute approximate surface area is 207 Å². The SMILES string of the molecule is Cc1ccc(NC(=O)C2CCCN(C(=O)Nc3ccccc3)C2)cc1S(=O)(=O)N1CCCCCC1. The molecule has 2 N–H and O–H groups in total. The maximum absolute atomic E-state index is 13.3. The van der Waals surface area contributed by atoms with Gasteiger partial charge in [0.2, 0.25) is 15.9 Å². The predicted octanol–water partition coefficient (Wildman–Crippen LogP) is 4.44. The van der Waals surface area contributed by atoms with Gasteiger partial charge in [-0.2, -0.15) is 4.31 Å². The summed E-state index contributed by atoms with van der Waals surface area (Å²) < 4.78 is 28.2. The first-order chi connectivity index (χ1) is 16.8. The number of likely N-dealkylation sites (tertiary alicyclic amines) is 1. The number of sulfonamides is 1. The summed E-state index contributed by atoms with van der Waals surface area (Å²) in [5, 5.41) is 5.77. The van der Waals surface area contributed by atoms with E-state index >= 15 is 0 Å². The van der Waals surface area contributed by atoms with Gasteiger partial charge in [0, 0.05) is 37.6 Å². The summed E-state index contributed by atoms with van der Waals surface area (Å²) in [6.07, 6.45) is 5.22. The van der Waals surface area contributed by atoms with Crippen LogP contribution in [0.5, 0.6) is 0 Å². The molecule has 2 heterocycles. The molecule has 188 valence electrons. The standard InChI is InChI=1S/C26H34N4O4S/c1-20-13-14-23(18-24(20)35(33,34)30-16-7-2-3-8-17-30)27-25(31)21-10-9-15-29(19-21)26(32)28-22-11-5-4-6-12-22/h4-6,11-14,18,21H,2-3,7-10,15-17,19H2,1H3,(H,27,31)(H,28,32). The van der Waals surface area contributed by atoms with Gasteiger partial charge in [-0.15, -0.1) is 0 Å². The van der Waals surface area contributed by atoms with Gasteiger partial charge in [-0.05, 0) is 62.4 Å². The van der Waals surface area contributed by atoms with E-state index in [4.69, 9.17) is 0 Å². The zero-order valence-electron chi connectivity index (χ0n) is 20.2. The lowest BCUT2D eigenvalue weighted by molar-refractivity contribution is -0.121. The van der Waals surface area contributed by atoms with Crippen molar-refractivity contribution < 1.29 is 18.0 Å². The quantitative estimate of drug-likeness (QED) is 0.637. The van der Waals surface area contributed by atoms with Crippen LogP contribution in [-0.4, -0.2) is 55.7 Å². The summed E-state index contributed by atoms with van der Waals surface area (Å²) in [4.78, 5) is 27.6. The third-order valence-electron chi connectivity index (χ3n) is 6.74. The molecule has 0 aliphatic carbocycles. The van der Waals surface area contributed by atoms with E-state index in [2.05, 4.69) is 10.6 Å². The van der Waals surface area contributed by atoms with Crippen molar-refractivity contribution in [3.05, 3.63) is 54.1 Å². The van der Waals surface area contributed by atoms with Crippen molar-refractivity contribution >= 4 is 33.3 Å². The number of rotatable bonds is 5. The van der Waals surface area contributed by atoms with E-state index in [-0.39, 0.29) is 22.8 Å². The average molecular weight is 499 g/mol. The molecule has 0 spiro atoms. The van der Waals surface area contributed by atoms with Crippen LogP contribution in [0, 0.1) is 12.8 Å². The summed E-state index contributed by atoms with van der Waals surface area (Å²) >= 11 is 0. The van der Waals surface area contributed by atoms with Crippen molar-refractivity contribution in [2.24, 2.45) is 5.92 Å². The molecule has 0 saturated carbocycles. The minimum Gasteiger partial charge on any atom is -0.326 e. The number of nitrogens with one attached hydrogen (secondary N) is 2. The van der Waals surface area contributed by atoms with Crippen molar-refractivity contribution in [2.45, 2.75) is 50.3 Å². The monoisotopic (exact) mass is 498 g/mol. The van der Waals surface area contributed by atoms with Gasteiger partial charge in [0.15, 0.2) is 0 Å². The number of piperidine rings is 1. The minimum absolute atomic E-state index is 0.204. The number of urea groups is 1. The first-order valence-corrected chi connectivity index (χ1v) is 13.8. The molecule has 0 radical (unpaired) electrons. The molecule has 35 heavy (non-hydrogen) atoms. The van der Waals surface area contributed by atoms with Crippen molar-refractivity contribution in [2.75, 3.05) is 36.8 Å². The molecule has 2 aromatic rings. The summed E-state index contributed by atoms with van der Waals surface area (Å²) in [5.74, 6) is -0.568. The largest absolute Gasteiger partial charge is 0.326 e. The highest BCUT2D eigenvalue weighted by Gasteiger charge is 2.30. The zero-order valence-corrected chi connectivity index (χ0v) is 21.0. The summed E-state index contributed by atoms with van der Waals surface area (Å²) in [6, 6.07) is 14.0. The molecule has 9 heteroatoms. The van der Waals surface area contributed by atoms with Crippen LogP contribution >= 0.6 is 0 Å². The molecule has 8 nitrogen and oxygen atoms in total. The zero-order chi connectivity index (χ0) is 24.8. The van der Waals surface area contributed by atoms with Gasteiger partial charge < -0.3 is 15.5 Å². The molecule has 2 aromatic carbocycles. The minimum atomic E-state index is -3.63. The Morgan fingerprint density at radius 2 is 1.57 bits per heavy atom. The Hall–Kier alpha value is -2.91. The molecule has 2 fully saturated rings. The van der Waals surface area contributed by atoms with Crippen LogP contribution in [0.4, 0.5) is 16.2 Å². The van der Waals surface area contributed by atoms with Gasteiger partial charge in [0.1, 0.15) is 0 Å². The van der Waals surface area contributed by atoms with E-state index in [0.29, 0.717) is 49.5 Å². The van der Waals surface area contributed by atoms with E-state index in [1.165, 1.54) is 0 Å². The highest BCUT2D eigenvalue weighted by Crippen LogP contribution is 2.27. The van der Waals surface area contributed by atoms with Crippen LogP contribution in [0.1, 0.15) is 44.1 Å².